The van der Waals surface area contributed by atoms with Gasteiger partial charge in [-0.1, -0.05) is 208 Å². The van der Waals surface area contributed by atoms with Crippen molar-refractivity contribution >= 4 is 49.2 Å². The van der Waals surface area contributed by atoms with Crippen LogP contribution in [0.3, 0.4) is 0 Å². The molecule has 0 fully saturated rings. The van der Waals surface area contributed by atoms with E-state index in [-0.39, 0.29) is 12.0 Å². The summed E-state index contributed by atoms with van der Waals surface area (Å²) in [6.07, 6.45) is 7.20. The summed E-state index contributed by atoms with van der Waals surface area (Å²) >= 11 is 0. The zero-order valence-electron chi connectivity index (χ0n) is 37.2. The molecule has 3 unspecified atom stereocenters. The zero-order valence-corrected chi connectivity index (χ0v) is 37.2. The maximum Gasteiger partial charge on any atom is 0.0726 e. The molecule has 0 bridgehead atoms. The SMILES string of the molecule is CC1CC=c2cc(-c3c4ccccc4c(-c4ccccc4)c4ccccc34)cc(-c3c4ccccc4c(-c4ccccc4)c4ccccc34)c2=NC1C(C)c1cccc(-c2cccnc2)c1. The van der Waals surface area contributed by atoms with Crippen LogP contribution in [-0.4, -0.2) is 11.0 Å². The van der Waals surface area contributed by atoms with E-state index in [0.717, 1.165) is 17.3 Å². The highest BCUT2D eigenvalue weighted by Crippen LogP contribution is 2.46. The van der Waals surface area contributed by atoms with Crippen molar-refractivity contribution in [1.82, 2.24) is 4.98 Å². The summed E-state index contributed by atoms with van der Waals surface area (Å²) in [5, 5.41) is 12.2. The van der Waals surface area contributed by atoms with Crippen molar-refractivity contribution in [3.05, 3.63) is 235 Å². The van der Waals surface area contributed by atoms with Crippen LogP contribution in [0.25, 0.3) is 105 Å². The molecule has 0 spiro atoms. The van der Waals surface area contributed by atoms with Crippen molar-refractivity contribution in [1.29, 1.82) is 0 Å². The molecule has 0 saturated carbocycles. The largest absolute Gasteiger partial charge is 0.280 e. The molecule has 1 aromatic heterocycles. The molecule has 66 heavy (non-hydrogen) atoms. The Kier molecular flexibility index (Phi) is 9.95. The average Bonchev–Trinajstić information content (AvgIpc) is 3.55. The molecular weight excluding hydrogens is 797 g/mol. The summed E-state index contributed by atoms with van der Waals surface area (Å²) in [6, 6.07) is 76.0. The number of hydrogen-bond acceptors (Lipinski definition) is 2. The molecule has 0 saturated heterocycles. The molecule has 0 radical (unpaired) electrons. The van der Waals surface area contributed by atoms with Gasteiger partial charge in [0.25, 0.3) is 0 Å². The first-order chi connectivity index (χ1) is 32.6. The van der Waals surface area contributed by atoms with Gasteiger partial charge in [0.15, 0.2) is 0 Å². The van der Waals surface area contributed by atoms with Crippen LogP contribution in [0.15, 0.2) is 224 Å². The molecule has 2 nitrogen and oxygen atoms in total. The quantitative estimate of drug-likeness (QED) is 0.147. The van der Waals surface area contributed by atoms with Gasteiger partial charge in [0.05, 0.1) is 11.4 Å². The van der Waals surface area contributed by atoms with Crippen LogP contribution in [0, 0.1) is 5.92 Å². The Morgan fingerprint density at radius 2 is 0.879 bits per heavy atom. The smallest absolute Gasteiger partial charge is 0.0726 e. The van der Waals surface area contributed by atoms with Crippen LogP contribution in [0.5, 0.6) is 0 Å². The molecular formula is C64H48N2. The maximum absolute atomic E-state index is 6.04. The lowest BCUT2D eigenvalue weighted by molar-refractivity contribution is 0.413. The van der Waals surface area contributed by atoms with Gasteiger partial charge >= 0.3 is 0 Å². The lowest BCUT2D eigenvalue weighted by Crippen LogP contribution is -2.30. The second-order valence-electron chi connectivity index (χ2n) is 18.1. The van der Waals surface area contributed by atoms with Gasteiger partial charge in [0.2, 0.25) is 0 Å². The van der Waals surface area contributed by atoms with Gasteiger partial charge in [-0.3, -0.25) is 9.98 Å². The molecule has 1 aliphatic rings. The van der Waals surface area contributed by atoms with E-state index in [9.17, 15) is 0 Å². The van der Waals surface area contributed by atoms with E-state index >= 15 is 0 Å². The number of hydrogen-bond donors (Lipinski definition) is 0. The van der Waals surface area contributed by atoms with Crippen molar-refractivity contribution < 1.29 is 0 Å². The standard InChI is InChI=1S/C64H48N2/c1-41-34-35-47-38-49(61-52-28-11-9-26-50(52)59(43-19-5-3-6-20-43)51-27-10-12-29-53(51)61)39-58(64(47)66-63(41)42(2)45-23-17-24-46(37-45)48-25-18-36-65-40-48)62-56-32-15-13-30-54(56)60(44-21-7-4-8-22-44)55-31-14-16-33-57(55)62/h3-33,35-42,63H,34H2,1-2H3. The number of nitrogens with zero attached hydrogens (tertiary/aromatic N) is 2. The van der Waals surface area contributed by atoms with Crippen LogP contribution in [-0.2, 0) is 0 Å². The Labute approximate surface area is 385 Å². The number of benzene rings is 10. The molecule has 2 heteroatoms. The summed E-state index contributed by atoms with van der Waals surface area (Å²) in [5.74, 6) is 0.461. The minimum atomic E-state index is 0.0317. The third kappa shape index (κ3) is 6.72. The topological polar surface area (TPSA) is 25.2 Å². The van der Waals surface area contributed by atoms with Crippen molar-refractivity contribution in [2.75, 3.05) is 0 Å². The van der Waals surface area contributed by atoms with E-state index < -0.39 is 0 Å². The highest BCUT2D eigenvalue weighted by molar-refractivity contribution is 6.23. The van der Waals surface area contributed by atoms with Crippen LogP contribution < -0.4 is 10.6 Å². The Hall–Kier alpha value is -7.94. The van der Waals surface area contributed by atoms with Gasteiger partial charge in [-0.15, -0.1) is 0 Å². The van der Waals surface area contributed by atoms with Gasteiger partial charge in [-0.25, -0.2) is 0 Å². The van der Waals surface area contributed by atoms with Crippen LogP contribution in [0.2, 0.25) is 0 Å². The minimum absolute atomic E-state index is 0.0317. The molecule has 3 atom stereocenters. The summed E-state index contributed by atoms with van der Waals surface area (Å²) in [7, 11) is 0. The monoisotopic (exact) mass is 844 g/mol. The minimum Gasteiger partial charge on any atom is -0.280 e. The normalized spacial score (nSPS) is 15.2. The van der Waals surface area contributed by atoms with Crippen LogP contribution in [0.4, 0.5) is 0 Å². The first kappa shape index (κ1) is 39.6. The van der Waals surface area contributed by atoms with Crippen molar-refractivity contribution in [2.24, 2.45) is 10.9 Å². The second-order valence-corrected chi connectivity index (χ2v) is 18.1. The summed E-state index contributed by atoms with van der Waals surface area (Å²) in [5.41, 5.74) is 13.4. The van der Waals surface area contributed by atoms with Gasteiger partial charge in [-0.2, -0.15) is 0 Å². The molecule has 0 amide bonds. The fourth-order valence-corrected chi connectivity index (χ4v) is 11.0. The van der Waals surface area contributed by atoms with E-state index in [1.165, 1.54) is 104 Å². The highest BCUT2D eigenvalue weighted by atomic mass is 14.8. The molecule has 2 heterocycles. The molecule has 11 aromatic rings. The van der Waals surface area contributed by atoms with Crippen LogP contribution >= 0.6 is 0 Å². The molecule has 1 aliphatic heterocycles. The number of rotatable bonds is 7. The van der Waals surface area contributed by atoms with Gasteiger partial charge in [0.1, 0.15) is 0 Å². The second kappa shape index (κ2) is 16.6. The molecule has 10 aromatic carbocycles. The molecule has 12 rings (SSSR count). The number of fused-ring (bicyclic) bond motifs is 5. The van der Waals surface area contributed by atoms with E-state index in [2.05, 4.69) is 225 Å². The number of aromatic nitrogens is 1. The van der Waals surface area contributed by atoms with Crippen molar-refractivity contribution in [3.63, 3.8) is 0 Å². The van der Waals surface area contributed by atoms with Gasteiger partial charge < -0.3 is 0 Å². The fraction of sp³-hybridized carbons (Fsp3) is 0.0938. The highest BCUT2D eigenvalue weighted by Gasteiger charge is 2.28. The molecule has 314 valence electrons. The average molecular weight is 845 g/mol. The summed E-state index contributed by atoms with van der Waals surface area (Å²) < 4.78 is 0. The predicted molar refractivity (Wildman–Crippen MR) is 279 cm³/mol. The zero-order chi connectivity index (χ0) is 44.1. The predicted octanol–water partition coefficient (Wildman–Crippen LogP) is 15.6. The Bertz CT molecular complexity index is 3650. The lowest BCUT2D eigenvalue weighted by atomic mass is 9.83. The Morgan fingerprint density at radius 1 is 0.424 bits per heavy atom. The first-order valence-electron chi connectivity index (χ1n) is 23.3. The van der Waals surface area contributed by atoms with Gasteiger partial charge in [0, 0.05) is 23.9 Å². The Morgan fingerprint density at radius 3 is 1.38 bits per heavy atom. The maximum atomic E-state index is 6.04. The lowest BCUT2D eigenvalue weighted by Gasteiger charge is -2.26. The van der Waals surface area contributed by atoms with E-state index in [0.29, 0.717) is 5.92 Å². The molecule has 0 N–H and O–H groups in total. The summed E-state index contributed by atoms with van der Waals surface area (Å²) in [6.45, 7) is 4.76. The van der Waals surface area contributed by atoms with Gasteiger partial charge in [-0.05, 0) is 134 Å². The van der Waals surface area contributed by atoms with Crippen molar-refractivity contribution in [2.45, 2.75) is 32.2 Å². The molecule has 0 aliphatic carbocycles. The summed E-state index contributed by atoms with van der Waals surface area (Å²) in [4.78, 5) is 10.5. The van der Waals surface area contributed by atoms with Crippen LogP contribution in [0.1, 0.15) is 31.7 Å². The number of pyridine rings is 1. The van der Waals surface area contributed by atoms with E-state index in [1.54, 1.807) is 0 Å². The first-order valence-corrected chi connectivity index (χ1v) is 23.3. The Balaban J connectivity index is 1.19. The third-order valence-corrected chi connectivity index (χ3v) is 14.2. The van der Waals surface area contributed by atoms with Crippen molar-refractivity contribution in [3.8, 4) is 55.6 Å². The third-order valence-electron chi connectivity index (χ3n) is 14.2. The van der Waals surface area contributed by atoms with E-state index in [4.69, 9.17) is 4.99 Å². The fourth-order valence-electron chi connectivity index (χ4n) is 11.0. The van der Waals surface area contributed by atoms with E-state index in [1.807, 2.05) is 18.5 Å².